The molecule has 0 heterocycles. The standard InChI is InChI=1S/C10H6O2.C8H12OSi.C6H15N.C5H9ISi.C5H4O.C3H4O.CH4O/c11-9-7-5-3-1-2-4-6-8-10-12;1-10(2,3)8-6-4-5-7-9;1-5(2)7-6(3)4;1-7(2,3)5-4-6;1-2-3-4-5-6;1-2-3-4;1-2/h11-12H,9-10H2;9H,7H2,1-3H3;5-7H,1-4H3;1-3H3;1,6H,5H2;1,4H,3H2;2H,1H3. The number of hydrogen-bond acceptors (Lipinski definition) is 7. The van der Waals surface area contributed by atoms with Crippen molar-refractivity contribution in [1.29, 1.82) is 0 Å². The van der Waals surface area contributed by atoms with Crippen LogP contribution in [0.2, 0.25) is 39.3 Å². The highest BCUT2D eigenvalue weighted by Gasteiger charge is 2.07. The van der Waals surface area contributed by atoms with Crippen molar-refractivity contribution in [1.82, 2.24) is 5.32 Å². The number of aliphatic hydroxyl groups is 6. The summed E-state index contributed by atoms with van der Waals surface area (Å²) in [4.78, 5) is 0. The summed E-state index contributed by atoms with van der Waals surface area (Å²) in [6.45, 7) is 21.0. The lowest BCUT2D eigenvalue weighted by Gasteiger charge is -2.10. The van der Waals surface area contributed by atoms with Crippen LogP contribution < -0.4 is 5.32 Å². The van der Waals surface area contributed by atoms with Crippen molar-refractivity contribution in [3.05, 3.63) is 0 Å². The smallest absolute Gasteiger partial charge is 0.130 e. The van der Waals surface area contributed by atoms with Gasteiger partial charge in [0.15, 0.2) is 0 Å². The second kappa shape index (κ2) is 53.0. The molecular weight excluding hydrogens is 749 g/mol. The van der Waals surface area contributed by atoms with Crippen LogP contribution in [0.25, 0.3) is 0 Å². The zero-order chi connectivity index (χ0) is 39.1. The third kappa shape index (κ3) is 122. The molecule has 0 aromatic heterocycles. The summed E-state index contributed by atoms with van der Waals surface area (Å²) in [7, 11) is -1.28. The predicted molar refractivity (Wildman–Crippen MR) is 218 cm³/mol. The van der Waals surface area contributed by atoms with Crippen LogP contribution in [0.15, 0.2) is 0 Å². The SMILES string of the molecule is C#CC#CCO.C#CCO.CC(C)NC(C)C.CO.C[Si](C)(C)C#CC#CCO.C[Si](C)(C)C#CI.OCC#CC#CC#CC#CCO. The Hall–Kier alpha value is -3.52. The number of hydrogen-bond donors (Lipinski definition) is 7. The minimum Gasteiger partial charge on any atom is -0.400 e. The molecule has 262 valence electrons. The van der Waals surface area contributed by atoms with Gasteiger partial charge in [-0.3, -0.25) is 0 Å². The normalized spacial score (nSPS) is 7.29. The minimum atomic E-state index is -1.25. The van der Waals surface area contributed by atoms with Gasteiger partial charge in [-0.1, -0.05) is 96.6 Å². The lowest BCUT2D eigenvalue weighted by molar-refractivity contribution is 0.350. The van der Waals surface area contributed by atoms with Crippen molar-refractivity contribution >= 4 is 38.7 Å². The summed E-state index contributed by atoms with van der Waals surface area (Å²) in [6, 6.07) is 1.25. The topological polar surface area (TPSA) is 133 Å². The van der Waals surface area contributed by atoms with Crippen LogP contribution in [0.5, 0.6) is 0 Å². The number of rotatable bonds is 2. The number of halogens is 1. The summed E-state index contributed by atoms with van der Waals surface area (Å²) < 4.78 is 2.89. The highest BCUT2D eigenvalue weighted by atomic mass is 127. The quantitative estimate of drug-likeness (QED) is 0.130. The van der Waals surface area contributed by atoms with Gasteiger partial charge in [0.1, 0.15) is 49.2 Å². The van der Waals surface area contributed by atoms with E-state index in [0.29, 0.717) is 12.1 Å². The molecule has 0 rings (SSSR count). The first kappa shape index (κ1) is 59.9. The number of nitrogens with one attached hydrogen (secondary N) is 1. The van der Waals surface area contributed by atoms with E-state index in [9.17, 15) is 0 Å². The van der Waals surface area contributed by atoms with Crippen molar-refractivity contribution in [2.24, 2.45) is 0 Å². The molecule has 7 nitrogen and oxygen atoms in total. The van der Waals surface area contributed by atoms with Crippen LogP contribution in [0.1, 0.15) is 27.7 Å². The van der Waals surface area contributed by atoms with Gasteiger partial charge in [0.05, 0.1) is 0 Å². The van der Waals surface area contributed by atoms with E-state index in [1.165, 1.54) is 0 Å². The monoisotopic (exact) mass is 803 g/mol. The zero-order valence-corrected chi connectivity index (χ0v) is 34.6. The Labute approximate surface area is 309 Å². The van der Waals surface area contributed by atoms with E-state index < -0.39 is 16.1 Å². The highest BCUT2D eigenvalue weighted by Crippen LogP contribution is 1.96. The Kier molecular flexibility index (Phi) is 66.1. The molecule has 0 aliphatic heterocycles. The van der Waals surface area contributed by atoms with Crippen molar-refractivity contribution < 1.29 is 30.6 Å². The van der Waals surface area contributed by atoms with Gasteiger partial charge in [0, 0.05) is 41.8 Å². The molecule has 0 bridgehead atoms. The van der Waals surface area contributed by atoms with E-state index in [1.54, 1.807) is 0 Å². The van der Waals surface area contributed by atoms with Gasteiger partial charge in [-0.05, 0) is 63.1 Å². The molecular formula is C38H54INO6Si2. The molecule has 0 aliphatic rings. The molecule has 0 saturated heterocycles. The van der Waals surface area contributed by atoms with E-state index in [2.05, 4.69) is 200 Å². The number of terminal acetylenes is 2. The molecule has 0 radical (unpaired) electrons. The largest absolute Gasteiger partial charge is 0.400 e. The van der Waals surface area contributed by atoms with Gasteiger partial charge in [-0.2, -0.15) is 0 Å². The van der Waals surface area contributed by atoms with Crippen LogP contribution in [-0.4, -0.2) is 99.0 Å². The van der Waals surface area contributed by atoms with Crippen molar-refractivity contribution in [3.63, 3.8) is 0 Å². The van der Waals surface area contributed by atoms with Gasteiger partial charge in [0.2, 0.25) is 0 Å². The average Bonchev–Trinajstić information content (AvgIpc) is 3.00. The first-order valence-corrected chi connectivity index (χ1v) is 22.3. The molecule has 0 aromatic carbocycles. The Morgan fingerprint density at radius 1 is 0.521 bits per heavy atom. The molecule has 10 heteroatoms. The molecule has 0 aromatic rings. The summed E-state index contributed by atoms with van der Waals surface area (Å²) >= 11 is 2.09. The molecule has 0 unspecified atom stereocenters. The summed E-state index contributed by atoms with van der Waals surface area (Å²) in [5.74, 6) is 35.3. The lowest BCUT2D eigenvalue weighted by Crippen LogP contribution is -2.29. The zero-order valence-electron chi connectivity index (χ0n) is 30.4. The summed E-state index contributed by atoms with van der Waals surface area (Å²) in [5, 5.41) is 50.6. The average molecular weight is 804 g/mol. The molecule has 0 fully saturated rings. The highest BCUT2D eigenvalue weighted by molar-refractivity contribution is 14.1. The maximum absolute atomic E-state index is 8.27. The van der Waals surface area contributed by atoms with E-state index in [1.807, 2.05) is 11.8 Å². The van der Waals surface area contributed by atoms with Crippen molar-refractivity contribution in [2.75, 3.05) is 40.1 Å². The van der Waals surface area contributed by atoms with Crippen LogP contribution in [0.4, 0.5) is 0 Å². The van der Waals surface area contributed by atoms with Crippen LogP contribution >= 0.6 is 22.6 Å². The maximum atomic E-state index is 8.27. The second-order valence-electron chi connectivity index (χ2n) is 10.3. The van der Waals surface area contributed by atoms with E-state index in [-0.39, 0.29) is 33.0 Å². The predicted octanol–water partition coefficient (Wildman–Crippen LogP) is 2.34. The number of aliphatic hydroxyl groups excluding tert-OH is 6. The molecule has 7 N–H and O–H groups in total. The molecule has 0 atom stereocenters. The molecule has 0 saturated carbocycles. The Morgan fingerprint density at radius 3 is 0.979 bits per heavy atom. The van der Waals surface area contributed by atoms with E-state index >= 15 is 0 Å². The van der Waals surface area contributed by atoms with Gasteiger partial charge < -0.3 is 36.0 Å². The Morgan fingerprint density at radius 2 is 0.812 bits per heavy atom. The second-order valence-corrected chi connectivity index (χ2v) is 20.3. The molecule has 48 heavy (non-hydrogen) atoms. The van der Waals surface area contributed by atoms with Crippen molar-refractivity contribution in [2.45, 2.75) is 79.1 Å². The van der Waals surface area contributed by atoms with Crippen LogP contribution in [-0.2, 0) is 0 Å². The Balaban J connectivity index is -0.0000000856. The van der Waals surface area contributed by atoms with Gasteiger partial charge in [-0.15, -0.1) is 23.9 Å². The van der Waals surface area contributed by atoms with Crippen molar-refractivity contribution in [3.8, 4) is 117 Å². The van der Waals surface area contributed by atoms with Gasteiger partial charge in [-0.25, -0.2) is 0 Å². The maximum Gasteiger partial charge on any atom is 0.130 e. The van der Waals surface area contributed by atoms with E-state index in [4.69, 9.17) is 30.6 Å². The van der Waals surface area contributed by atoms with E-state index in [0.717, 1.165) is 7.11 Å². The third-order valence-corrected chi connectivity index (χ3v) is 5.26. The fourth-order valence-corrected chi connectivity index (χ4v) is 4.64. The fraction of sp³-hybridized carbons (Fsp3) is 0.474. The van der Waals surface area contributed by atoms with Crippen LogP contribution in [0.3, 0.4) is 0 Å². The molecule has 0 aliphatic carbocycles. The first-order valence-electron chi connectivity index (χ1n) is 14.2. The Bertz CT molecular complexity index is 1310. The van der Waals surface area contributed by atoms with Gasteiger partial charge >= 0.3 is 0 Å². The molecule has 0 amide bonds. The third-order valence-electron chi connectivity index (χ3n) is 2.73. The minimum absolute atomic E-state index is 0.0968. The summed E-state index contributed by atoms with van der Waals surface area (Å²) in [6.07, 6.45) is 9.21. The van der Waals surface area contributed by atoms with Gasteiger partial charge in [0.25, 0.3) is 0 Å². The lowest BCUT2D eigenvalue weighted by atomic mass is 10.3. The van der Waals surface area contributed by atoms with Crippen LogP contribution in [0, 0.1) is 117 Å². The molecule has 0 spiro atoms. The summed E-state index contributed by atoms with van der Waals surface area (Å²) in [5.41, 5.74) is 6.22. The fourth-order valence-electron chi connectivity index (χ4n) is 1.49. The first-order chi connectivity index (χ1) is 22.5.